The Labute approximate surface area is 117 Å². The Morgan fingerprint density at radius 3 is 2.48 bits per heavy atom. The van der Waals surface area contributed by atoms with E-state index in [0.29, 0.717) is 0 Å². The summed E-state index contributed by atoms with van der Waals surface area (Å²) in [4.78, 5) is 21.7. The molecule has 0 aliphatic rings. The molecule has 1 unspecified atom stereocenters. The number of amides is 2. The van der Waals surface area contributed by atoms with Gasteiger partial charge in [-0.1, -0.05) is 6.07 Å². The summed E-state index contributed by atoms with van der Waals surface area (Å²) in [6.45, 7) is 0.717. The summed E-state index contributed by atoms with van der Waals surface area (Å²) in [6, 6.07) is 2.32. The Bertz CT molecular complexity index is 546. The van der Waals surface area contributed by atoms with E-state index in [1.54, 1.807) is 0 Å². The number of aliphatic hydroxyl groups is 1. The zero-order chi connectivity index (χ0) is 16.2. The van der Waals surface area contributed by atoms with Crippen molar-refractivity contribution in [3.05, 3.63) is 29.3 Å². The summed E-state index contributed by atoms with van der Waals surface area (Å²) in [5.41, 5.74) is -0.976. The minimum atomic E-state index is -4.54. The monoisotopic (exact) mass is 306 g/mol. The highest BCUT2D eigenvalue weighted by atomic mass is 19.4. The summed E-state index contributed by atoms with van der Waals surface area (Å²) >= 11 is 0. The molecule has 0 aliphatic heterocycles. The average Bonchev–Trinajstić information content (AvgIpc) is 2.36. The third kappa shape index (κ3) is 4.95. The van der Waals surface area contributed by atoms with Crippen LogP contribution in [0.4, 0.5) is 23.7 Å². The molecule has 6 nitrogen and oxygen atoms in total. The lowest BCUT2D eigenvalue weighted by Gasteiger charge is -2.13. The van der Waals surface area contributed by atoms with E-state index in [1.165, 1.54) is 19.1 Å². The summed E-state index contributed by atoms with van der Waals surface area (Å²) in [5.74, 6) is -1.52. The molecule has 0 aromatic heterocycles. The second kappa shape index (κ2) is 6.44. The number of carbonyl (C=O) groups is 2. The van der Waals surface area contributed by atoms with Crippen molar-refractivity contribution in [1.29, 1.82) is 0 Å². The standard InChI is InChI=1S/C12H13F3N2O4/c1-6-2-3-7(4-8(6)12(13,14)15)17-11(21)16-5-9(18)10(19)20/h2-4,9,18H,5H2,1H3,(H,19,20)(H2,16,17,21). The van der Waals surface area contributed by atoms with Crippen molar-refractivity contribution < 1.29 is 33.0 Å². The highest BCUT2D eigenvalue weighted by Crippen LogP contribution is 2.33. The molecule has 1 aromatic carbocycles. The van der Waals surface area contributed by atoms with E-state index in [-0.39, 0.29) is 11.3 Å². The molecule has 116 valence electrons. The third-order valence-corrected chi connectivity index (χ3v) is 2.54. The number of rotatable bonds is 4. The number of nitrogens with one attached hydrogen (secondary N) is 2. The van der Waals surface area contributed by atoms with Crippen molar-refractivity contribution in [1.82, 2.24) is 5.32 Å². The minimum Gasteiger partial charge on any atom is -0.479 e. The molecule has 1 aromatic rings. The van der Waals surface area contributed by atoms with Gasteiger partial charge in [-0.05, 0) is 24.6 Å². The molecule has 4 N–H and O–H groups in total. The SMILES string of the molecule is Cc1ccc(NC(=O)NCC(O)C(=O)O)cc1C(F)(F)F. The Morgan fingerprint density at radius 1 is 1.33 bits per heavy atom. The van der Waals surface area contributed by atoms with Crippen LogP contribution in [0, 0.1) is 6.92 Å². The molecule has 1 rings (SSSR count). The average molecular weight is 306 g/mol. The maximum atomic E-state index is 12.7. The topological polar surface area (TPSA) is 98.7 Å². The van der Waals surface area contributed by atoms with Gasteiger partial charge in [-0.3, -0.25) is 0 Å². The van der Waals surface area contributed by atoms with E-state index in [9.17, 15) is 22.8 Å². The highest BCUT2D eigenvalue weighted by Gasteiger charge is 2.32. The number of carboxylic acid groups (broad SMARTS) is 1. The molecule has 9 heteroatoms. The Hall–Kier alpha value is -2.29. The summed E-state index contributed by atoms with van der Waals surface area (Å²) < 4.78 is 38.0. The third-order valence-electron chi connectivity index (χ3n) is 2.54. The first-order chi connectivity index (χ1) is 9.61. The molecule has 21 heavy (non-hydrogen) atoms. The number of hydrogen-bond donors (Lipinski definition) is 4. The molecular weight excluding hydrogens is 293 g/mol. The first-order valence-corrected chi connectivity index (χ1v) is 5.75. The number of aliphatic carboxylic acids is 1. The molecule has 0 bridgehead atoms. The second-order valence-corrected chi connectivity index (χ2v) is 4.22. The molecule has 1 atom stereocenters. The molecule has 0 radical (unpaired) electrons. The van der Waals surface area contributed by atoms with Crippen LogP contribution in [-0.4, -0.2) is 34.9 Å². The lowest BCUT2D eigenvalue weighted by molar-refractivity contribution is -0.146. The normalized spacial score (nSPS) is 12.6. The van der Waals surface area contributed by atoms with Crippen LogP contribution in [0.2, 0.25) is 0 Å². The first-order valence-electron chi connectivity index (χ1n) is 5.75. The zero-order valence-electron chi connectivity index (χ0n) is 10.9. The number of aryl methyl sites for hydroxylation is 1. The van der Waals surface area contributed by atoms with Crippen molar-refractivity contribution in [3.63, 3.8) is 0 Å². The number of anilines is 1. The predicted octanol–water partition coefficient (Wildman–Crippen LogP) is 1.58. The molecule has 0 heterocycles. The molecule has 0 fully saturated rings. The molecular formula is C12H13F3N2O4. The van der Waals surface area contributed by atoms with Crippen LogP contribution in [-0.2, 0) is 11.0 Å². The Kier molecular flexibility index (Phi) is 5.14. The number of carbonyl (C=O) groups excluding carboxylic acids is 1. The number of urea groups is 1. The molecule has 0 aliphatic carbocycles. The van der Waals surface area contributed by atoms with Crippen LogP contribution < -0.4 is 10.6 Å². The van der Waals surface area contributed by atoms with Gasteiger partial charge >= 0.3 is 18.2 Å². The number of carboxylic acids is 1. The lowest BCUT2D eigenvalue weighted by atomic mass is 10.1. The zero-order valence-corrected chi connectivity index (χ0v) is 10.9. The van der Waals surface area contributed by atoms with E-state index in [1.807, 2.05) is 5.32 Å². The molecule has 0 saturated heterocycles. The van der Waals surface area contributed by atoms with E-state index in [4.69, 9.17) is 10.2 Å². The van der Waals surface area contributed by atoms with Gasteiger partial charge in [0.05, 0.1) is 12.1 Å². The van der Waals surface area contributed by atoms with Gasteiger partial charge in [-0.15, -0.1) is 0 Å². The molecule has 2 amide bonds. The maximum Gasteiger partial charge on any atom is 0.416 e. The van der Waals surface area contributed by atoms with Gasteiger partial charge in [0.25, 0.3) is 0 Å². The van der Waals surface area contributed by atoms with Gasteiger partial charge in [0, 0.05) is 5.69 Å². The smallest absolute Gasteiger partial charge is 0.416 e. The van der Waals surface area contributed by atoms with Crippen LogP contribution in [0.3, 0.4) is 0 Å². The van der Waals surface area contributed by atoms with Gasteiger partial charge in [0.2, 0.25) is 0 Å². The van der Waals surface area contributed by atoms with Gasteiger partial charge < -0.3 is 20.8 Å². The van der Waals surface area contributed by atoms with Crippen LogP contribution in [0.25, 0.3) is 0 Å². The van der Waals surface area contributed by atoms with Crippen molar-refractivity contribution >= 4 is 17.7 Å². The summed E-state index contributed by atoms with van der Waals surface area (Å²) in [5, 5.41) is 21.5. The number of hydrogen-bond acceptors (Lipinski definition) is 3. The Morgan fingerprint density at radius 2 is 1.95 bits per heavy atom. The largest absolute Gasteiger partial charge is 0.479 e. The first kappa shape index (κ1) is 16.8. The van der Waals surface area contributed by atoms with Crippen molar-refractivity contribution in [2.45, 2.75) is 19.2 Å². The van der Waals surface area contributed by atoms with Crippen molar-refractivity contribution in [3.8, 4) is 0 Å². The lowest BCUT2D eigenvalue weighted by Crippen LogP contribution is -2.38. The number of benzene rings is 1. The second-order valence-electron chi connectivity index (χ2n) is 4.22. The number of aliphatic hydroxyl groups excluding tert-OH is 1. The fourth-order valence-corrected chi connectivity index (χ4v) is 1.46. The maximum absolute atomic E-state index is 12.7. The number of alkyl halides is 3. The van der Waals surface area contributed by atoms with Gasteiger partial charge in [0.1, 0.15) is 0 Å². The quantitative estimate of drug-likeness (QED) is 0.679. The Balaban J connectivity index is 2.71. The van der Waals surface area contributed by atoms with Gasteiger partial charge in [-0.2, -0.15) is 13.2 Å². The molecule has 0 spiro atoms. The van der Waals surface area contributed by atoms with Crippen LogP contribution >= 0.6 is 0 Å². The predicted molar refractivity (Wildman–Crippen MR) is 66.8 cm³/mol. The number of halogens is 3. The highest BCUT2D eigenvalue weighted by molar-refractivity contribution is 5.89. The van der Waals surface area contributed by atoms with Crippen LogP contribution in [0.15, 0.2) is 18.2 Å². The van der Waals surface area contributed by atoms with Crippen molar-refractivity contribution in [2.75, 3.05) is 11.9 Å². The van der Waals surface area contributed by atoms with Gasteiger partial charge in [-0.25, -0.2) is 9.59 Å². The van der Waals surface area contributed by atoms with Crippen LogP contribution in [0.1, 0.15) is 11.1 Å². The van der Waals surface area contributed by atoms with Crippen LogP contribution in [0.5, 0.6) is 0 Å². The van der Waals surface area contributed by atoms with Gasteiger partial charge in [0.15, 0.2) is 6.10 Å². The fourth-order valence-electron chi connectivity index (χ4n) is 1.46. The van der Waals surface area contributed by atoms with E-state index in [2.05, 4.69) is 5.32 Å². The fraction of sp³-hybridized carbons (Fsp3) is 0.333. The minimum absolute atomic E-state index is 0.00903. The molecule has 0 saturated carbocycles. The summed E-state index contributed by atoms with van der Waals surface area (Å²) in [6.07, 6.45) is -6.34. The van der Waals surface area contributed by atoms with Crippen molar-refractivity contribution in [2.24, 2.45) is 0 Å². The van der Waals surface area contributed by atoms with E-state index >= 15 is 0 Å². The van der Waals surface area contributed by atoms with E-state index < -0.39 is 36.4 Å². The summed E-state index contributed by atoms with van der Waals surface area (Å²) in [7, 11) is 0. The van der Waals surface area contributed by atoms with E-state index in [0.717, 1.165) is 6.07 Å².